The van der Waals surface area contributed by atoms with Crippen LogP contribution in [0.3, 0.4) is 0 Å². The predicted octanol–water partition coefficient (Wildman–Crippen LogP) is 5.27. The van der Waals surface area contributed by atoms with Crippen molar-refractivity contribution >= 4 is 0 Å². The van der Waals surface area contributed by atoms with Gasteiger partial charge in [0.2, 0.25) is 0 Å². The highest BCUT2D eigenvalue weighted by Gasteiger charge is 2.21. The zero-order valence-electron chi connectivity index (χ0n) is 13.9. The third kappa shape index (κ3) is 4.33. The Balaban J connectivity index is 1.46. The van der Waals surface area contributed by atoms with Crippen molar-refractivity contribution in [3.8, 4) is 0 Å². The van der Waals surface area contributed by atoms with Crippen molar-refractivity contribution in [3.05, 3.63) is 35.4 Å². The van der Waals surface area contributed by atoms with Gasteiger partial charge in [-0.25, -0.2) is 0 Å². The average molecular weight is 302 g/mol. The first-order chi connectivity index (χ1) is 10.8. The van der Waals surface area contributed by atoms with Crippen LogP contribution >= 0.6 is 0 Å². The van der Waals surface area contributed by atoms with Gasteiger partial charge in [0, 0.05) is 5.56 Å². The Hall–Kier alpha value is -0.860. The molecule has 0 bridgehead atoms. The topological polar surface area (TPSA) is 18.5 Å². The fraction of sp³-hybridized carbons (Fsp3) is 0.700. The normalized spacial score (nSPS) is 26.4. The Morgan fingerprint density at radius 3 is 2.32 bits per heavy atom. The Morgan fingerprint density at radius 1 is 0.955 bits per heavy atom. The van der Waals surface area contributed by atoms with Crippen LogP contribution in [0.1, 0.15) is 69.3 Å². The van der Waals surface area contributed by atoms with Gasteiger partial charge in [-0.15, -0.1) is 0 Å². The van der Waals surface area contributed by atoms with Crippen molar-refractivity contribution in [2.45, 2.75) is 64.6 Å². The lowest BCUT2D eigenvalue weighted by Crippen LogP contribution is -2.16. The smallest absolute Gasteiger partial charge is 0.184 e. The minimum atomic E-state index is -0.137. The summed E-state index contributed by atoms with van der Waals surface area (Å²) in [4.78, 5) is 0. The summed E-state index contributed by atoms with van der Waals surface area (Å²) >= 11 is 0. The molecule has 3 rings (SSSR count). The van der Waals surface area contributed by atoms with Crippen molar-refractivity contribution in [3.63, 3.8) is 0 Å². The van der Waals surface area contributed by atoms with Crippen LogP contribution in [0.4, 0.5) is 0 Å². The minimum absolute atomic E-state index is 0.137. The van der Waals surface area contributed by atoms with Crippen LogP contribution in [0.5, 0.6) is 0 Å². The molecule has 1 aromatic carbocycles. The molecule has 1 heterocycles. The van der Waals surface area contributed by atoms with Gasteiger partial charge >= 0.3 is 0 Å². The number of hydrogen-bond donors (Lipinski definition) is 0. The highest BCUT2D eigenvalue weighted by atomic mass is 16.7. The maximum Gasteiger partial charge on any atom is 0.184 e. The molecule has 2 aliphatic rings. The van der Waals surface area contributed by atoms with E-state index >= 15 is 0 Å². The van der Waals surface area contributed by atoms with E-state index in [4.69, 9.17) is 9.47 Å². The molecular formula is C20H30O2. The Bertz CT molecular complexity index is 432. The van der Waals surface area contributed by atoms with Crippen LogP contribution in [-0.2, 0) is 15.9 Å². The van der Waals surface area contributed by atoms with Gasteiger partial charge in [0.25, 0.3) is 0 Å². The zero-order chi connectivity index (χ0) is 15.2. The number of hydrogen-bond acceptors (Lipinski definition) is 2. The quantitative estimate of drug-likeness (QED) is 0.712. The molecule has 122 valence electrons. The summed E-state index contributed by atoms with van der Waals surface area (Å²) in [7, 11) is 0. The fourth-order valence-electron chi connectivity index (χ4n) is 4.10. The molecule has 1 aromatic rings. The van der Waals surface area contributed by atoms with E-state index in [-0.39, 0.29) is 6.29 Å². The molecule has 2 nitrogen and oxygen atoms in total. The molecule has 0 aromatic heterocycles. The maximum absolute atomic E-state index is 5.55. The third-order valence-electron chi connectivity index (χ3n) is 5.30. The molecule has 0 N–H and O–H groups in total. The molecule has 2 atom stereocenters. The lowest BCUT2D eigenvalue weighted by Gasteiger charge is -2.29. The molecule has 2 fully saturated rings. The van der Waals surface area contributed by atoms with Crippen LogP contribution < -0.4 is 0 Å². The Labute approximate surface area is 135 Å². The van der Waals surface area contributed by atoms with Gasteiger partial charge in [-0.3, -0.25) is 0 Å². The van der Waals surface area contributed by atoms with Crippen molar-refractivity contribution in [1.82, 2.24) is 0 Å². The van der Waals surface area contributed by atoms with Crippen LogP contribution in [0.25, 0.3) is 0 Å². The monoisotopic (exact) mass is 302 g/mol. The van der Waals surface area contributed by atoms with E-state index in [2.05, 4.69) is 31.2 Å². The summed E-state index contributed by atoms with van der Waals surface area (Å²) in [6, 6.07) is 8.86. The van der Waals surface area contributed by atoms with Crippen molar-refractivity contribution in [2.75, 3.05) is 13.2 Å². The number of ether oxygens (including phenoxy) is 2. The van der Waals surface area contributed by atoms with E-state index in [1.54, 1.807) is 0 Å². The van der Waals surface area contributed by atoms with Gasteiger partial charge in [-0.05, 0) is 36.7 Å². The number of aryl methyl sites for hydroxylation is 1. The number of benzene rings is 1. The Morgan fingerprint density at radius 2 is 1.64 bits per heavy atom. The van der Waals surface area contributed by atoms with Crippen molar-refractivity contribution in [2.24, 2.45) is 11.8 Å². The van der Waals surface area contributed by atoms with Gasteiger partial charge in [-0.2, -0.15) is 0 Å². The molecule has 22 heavy (non-hydrogen) atoms. The van der Waals surface area contributed by atoms with Gasteiger partial charge in [0.05, 0.1) is 13.2 Å². The maximum atomic E-state index is 5.55. The molecule has 1 aliphatic heterocycles. The predicted molar refractivity (Wildman–Crippen MR) is 89.8 cm³/mol. The molecule has 0 radical (unpaired) electrons. The molecule has 1 aliphatic carbocycles. The molecule has 2 unspecified atom stereocenters. The van der Waals surface area contributed by atoms with E-state index in [1.165, 1.54) is 56.9 Å². The summed E-state index contributed by atoms with van der Waals surface area (Å²) in [5.41, 5.74) is 2.61. The summed E-state index contributed by atoms with van der Waals surface area (Å²) < 4.78 is 11.1. The van der Waals surface area contributed by atoms with E-state index in [0.717, 1.165) is 17.4 Å². The average Bonchev–Trinajstić information content (AvgIpc) is 3.09. The van der Waals surface area contributed by atoms with Crippen LogP contribution in [0, 0.1) is 11.8 Å². The van der Waals surface area contributed by atoms with E-state index < -0.39 is 0 Å². The van der Waals surface area contributed by atoms with Crippen LogP contribution in [0.2, 0.25) is 0 Å². The second kappa shape index (κ2) is 8.12. The van der Waals surface area contributed by atoms with Gasteiger partial charge in [0.15, 0.2) is 6.29 Å². The van der Waals surface area contributed by atoms with Crippen LogP contribution in [0.15, 0.2) is 24.3 Å². The highest BCUT2D eigenvalue weighted by Crippen LogP contribution is 2.34. The summed E-state index contributed by atoms with van der Waals surface area (Å²) in [6.45, 7) is 3.75. The zero-order valence-corrected chi connectivity index (χ0v) is 13.9. The van der Waals surface area contributed by atoms with E-state index in [9.17, 15) is 0 Å². The van der Waals surface area contributed by atoms with E-state index in [0.29, 0.717) is 13.2 Å². The summed E-state index contributed by atoms with van der Waals surface area (Å²) in [6.07, 6.45) is 11.1. The molecule has 0 amide bonds. The lowest BCUT2D eigenvalue weighted by molar-refractivity contribution is -0.0441. The molecule has 1 saturated carbocycles. The second-order valence-electron chi connectivity index (χ2n) is 7.04. The van der Waals surface area contributed by atoms with Crippen LogP contribution in [-0.4, -0.2) is 13.2 Å². The fourth-order valence-corrected chi connectivity index (χ4v) is 4.10. The molecule has 0 spiro atoms. The Kier molecular flexibility index (Phi) is 5.91. The first-order valence-electron chi connectivity index (χ1n) is 9.17. The standard InChI is InChI=1S/C20H30O2/c1-2-4-17-5-3-6-18(15-17)8-7-16-9-11-19(12-10-16)20-21-13-14-22-20/h9-12,17-18,20H,2-8,13-15H2,1H3. The first kappa shape index (κ1) is 16.0. The van der Waals surface area contributed by atoms with Gasteiger partial charge in [0.1, 0.15) is 0 Å². The second-order valence-corrected chi connectivity index (χ2v) is 7.04. The van der Waals surface area contributed by atoms with Gasteiger partial charge in [-0.1, -0.05) is 63.3 Å². The highest BCUT2D eigenvalue weighted by molar-refractivity contribution is 5.23. The first-order valence-corrected chi connectivity index (χ1v) is 9.17. The summed E-state index contributed by atoms with van der Waals surface area (Å²) in [5, 5.41) is 0. The molecule has 2 heteroatoms. The van der Waals surface area contributed by atoms with E-state index in [1.807, 2.05) is 0 Å². The van der Waals surface area contributed by atoms with Crippen molar-refractivity contribution < 1.29 is 9.47 Å². The lowest BCUT2D eigenvalue weighted by atomic mass is 9.77. The SMILES string of the molecule is CCCC1CCCC(CCc2ccc(C3OCCO3)cc2)C1. The van der Waals surface area contributed by atoms with Crippen molar-refractivity contribution in [1.29, 1.82) is 0 Å². The molecule has 1 saturated heterocycles. The minimum Gasteiger partial charge on any atom is -0.346 e. The largest absolute Gasteiger partial charge is 0.346 e. The summed E-state index contributed by atoms with van der Waals surface area (Å²) in [5.74, 6) is 1.95. The third-order valence-corrected chi connectivity index (χ3v) is 5.30. The van der Waals surface area contributed by atoms with Gasteiger partial charge < -0.3 is 9.47 Å². The number of rotatable bonds is 6. The molecular weight excluding hydrogens is 272 g/mol.